The first-order chi connectivity index (χ1) is 13.7. The Morgan fingerprint density at radius 2 is 1.72 bits per heavy atom. The topological polar surface area (TPSA) is 55.6 Å². The quantitative estimate of drug-likeness (QED) is 0.830. The number of hydrogen-bond acceptors (Lipinski definition) is 3. The Kier molecular flexibility index (Phi) is 6.99. The summed E-state index contributed by atoms with van der Waals surface area (Å²) in [6, 6.07) is 18.8. The van der Waals surface area contributed by atoms with Gasteiger partial charge in [0, 0.05) is 32.2 Å². The van der Waals surface area contributed by atoms with Crippen molar-refractivity contribution in [1.82, 2.24) is 4.90 Å². The molecule has 0 aromatic heterocycles. The lowest BCUT2D eigenvalue weighted by atomic mass is 9.71. The van der Waals surface area contributed by atoms with Crippen molar-refractivity contribution in [2.24, 2.45) is 11.7 Å². The summed E-state index contributed by atoms with van der Waals surface area (Å²) < 4.78 is 5.64. The van der Waals surface area contributed by atoms with E-state index in [9.17, 15) is 4.79 Å². The van der Waals surface area contributed by atoms with Crippen LogP contribution in [-0.4, -0.2) is 43.7 Å². The molecule has 0 bridgehead atoms. The number of rotatable bonds is 4. The molecule has 2 saturated heterocycles. The van der Waals surface area contributed by atoms with Crippen LogP contribution in [0.1, 0.15) is 35.4 Å². The molecule has 1 amide bonds. The van der Waals surface area contributed by atoms with Gasteiger partial charge in [-0.05, 0) is 48.9 Å². The zero-order chi connectivity index (χ0) is 19.6. The van der Waals surface area contributed by atoms with E-state index in [2.05, 4.69) is 48.2 Å². The second kappa shape index (κ2) is 9.29. The molecule has 29 heavy (non-hydrogen) atoms. The second-order valence-electron chi connectivity index (χ2n) is 8.23. The molecule has 2 fully saturated rings. The molecule has 2 N–H and O–H groups in total. The van der Waals surface area contributed by atoms with Crippen molar-refractivity contribution in [3.8, 4) is 0 Å². The summed E-state index contributed by atoms with van der Waals surface area (Å²) >= 11 is 0. The van der Waals surface area contributed by atoms with E-state index in [0.717, 1.165) is 31.5 Å². The Labute approximate surface area is 179 Å². The predicted molar refractivity (Wildman–Crippen MR) is 118 cm³/mol. The van der Waals surface area contributed by atoms with Gasteiger partial charge in [-0.25, -0.2) is 0 Å². The number of aryl methyl sites for hydroxylation is 1. The minimum atomic E-state index is -0.478. The van der Waals surface area contributed by atoms with Crippen molar-refractivity contribution in [2.45, 2.75) is 31.1 Å². The molecule has 2 aliphatic heterocycles. The molecule has 2 aromatic rings. The lowest BCUT2D eigenvalue weighted by molar-refractivity contribution is -0.140. The Bertz CT molecular complexity index is 821. The van der Waals surface area contributed by atoms with Crippen LogP contribution in [0.2, 0.25) is 0 Å². The molecule has 0 aliphatic carbocycles. The maximum Gasteiger partial charge on any atom is 0.233 e. The number of carbonyl (C=O) groups is 1. The number of nitrogens with two attached hydrogens (primary N) is 1. The highest BCUT2D eigenvalue weighted by atomic mass is 35.5. The van der Waals surface area contributed by atoms with E-state index >= 15 is 0 Å². The van der Waals surface area contributed by atoms with Gasteiger partial charge in [-0.2, -0.15) is 0 Å². The van der Waals surface area contributed by atoms with Crippen LogP contribution in [0, 0.1) is 12.8 Å². The van der Waals surface area contributed by atoms with Gasteiger partial charge in [0.05, 0.1) is 5.41 Å². The maximum atomic E-state index is 13.9. The Morgan fingerprint density at radius 3 is 2.38 bits per heavy atom. The monoisotopic (exact) mass is 414 g/mol. The highest BCUT2D eigenvalue weighted by Crippen LogP contribution is 2.41. The van der Waals surface area contributed by atoms with Crippen molar-refractivity contribution in [2.75, 3.05) is 32.8 Å². The number of hydrogen-bond donors (Lipinski definition) is 1. The summed E-state index contributed by atoms with van der Waals surface area (Å²) in [4.78, 5) is 16.0. The minimum Gasteiger partial charge on any atom is -0.381 e. The summed E-state index contributed by atoms with van der Waals surface area (Å²) in [6.45, 7) is 5.47. The number of likely N-dealkylation sites (tertiary alicyclic amines) is 1. The molecular weight excluding hydrogens is 384 g/mol. The average molecular weight is 415 g/mol. The fourth-order valence-corrected chi connectivity index (χ4v) is 5.08. The molecule has 0 radical (unpaired) electrons. The summed E-state index contributed by atoms with van der Waals surface area (Å²) in [7, 11) is 0. The lowest BCUT2D eigenvalue weighted by Gasteiger charge is -2.40. The minimum absolute atomic E-state index is 0. The van der Waals surface area contributed by atoms with Gasteiger partial charge in [0.25, 0.3) is 0 Å². The van der Waals surface area contributed by atoms with Crippen LogP contribution < -0.4 is 5.73 Å². The number of nitrogens with zero attached hydrogens (tertiary/aromatic N) is 1. The number of benzene rings is 2. The van der Waals surface area contributed by atoms with Crippen molar-refractivity contribution in [3.05, 3.63) is 71.3 Å². The van der Waals surface area contributed by atoms with Crippen molar-refractivity contribution in [1.29, 1.82) is 0 Å². The van der Waals surface area contributed by atoms with Crippen LogP contribution in [-0.2, 0) is 14.9 Å². The Balaban J connectivity index is 0.00000240. The lowest BCUT2D eigenvalue weighted by Crippen LogP contribution is -2.49. The third kappa shape index (κ3) is 4.07. The number of amides is 1. The molecule has 4 nitrogen and oxygen atoms in total. The standard InChI is InChI=1S/C24H30N2O2.ClH/c1-18-7-5-6-10-22(18)24(11-13-28-14-12-24)23(27)26-16-20(15-25)21(17-26)19-8-3-2-4-9-19;/h2-10,20-21H,11-17,25H2,1H3;1H/t20-,21+;/m1./s1. The zero-order valence-corrected chi connectivity index (χ0v) is 17.9. The third-order valence-corrected chi connectivity index (χ3v) is 6.68. The molecule has 2 heterocycles. The van der Waals surface area contributed by atoms with E-state index in [4.69, 9.17) is 10.5 Å². The SMILES string of the molecule is Cc1ccccc1C1(C(=O)N2C[C@@H](CN)[C@H](c3ccccc3)C2)CCOCC1.Cl. The third-order valence-electron chi connectivity index (χ3n) is 6.68. The van der Waals surface area contributed by atoms with Gasteiger partial charge in [0.2, 0.25) is 5.91 Å². The van der Waals surface area contributed by atoms with Crippen LogP contribution >= 0.6 is 12.4 Å². The molecule has 0 spiro atoms. The molecule has 2 aliphatic rings. The van der Waals surface area contributed by atoms with Gasteiger partial charge in [-0.1, -0.05) is 54.6 Å². The number of carbonyl (C=O) groups excluding carboxylic acids is 1. The van der Waals surface area contributed by atoms with Crippen LogP contribution in [0.3, 0.4) is 0 Å². The van der Waals surface area contributed by atoms with E-state index in [1.54, 1.807) is 0 Å². The van der Waals surface area contributed by atoms with Crippen molar-refractivity contribution >= 4 is 18.3 Å². The van der Waals surface area contributed by atoms with Gasteiger partial charge >= 0.3 is 0 Å². The molecule has 0 unspecified atom stereocenters. The second-order valence-corrected chi connectivity index (χ2v) is 8.23. The number of ether oxygens (including phenoxy) is 1. The van der Waals surface area contributed by atoms with Crippen LogP contribution in [0.5, 0.6) is 0 Å². The van der Waals surface area contributed by atoms with Gasteiger partial charge < -0.3 is 15.4 Å². The first kappa shape index (κ1) is 21.8. The number of halogens is 1. The van der Waals surface area contributed by atoms with Gasteiger partial charge in [0.15, 0.2) is 0 Å². The van der Waals surface area contributed by atoms with Crippen LogP contribution in [0.25, 0.3) is 0 Å². The molecule has 2 aromatic carbocycles. The van der Waals surface area contributed by atoms with E-state index in [1.807, 2.05) is 18.2 Å². The van der Waals surface area contributed by atoms with Crippen molar-refractivity contribution in [3.63, 3.8) is 0 Å². The van der Waals surface area contributed by atoms with Crippen molar-refractivity contribution < 1.29 is 9.53 Å². The molecule has 4 rings (SSSR count). The first-order valence-corrected chi connectivity index (χ1v) is 10.3. The fraction of sp³-hybridized carbons (Fsp3) is 0.458. The van der Waals surface area contributed by atoms with Gasteiger partial charge in [0.1, 0.15) is 0 Å². The van der Waals surface area contributed by atoms with E-state index in [0.29, 0.717) is 31.6 Å². The molecule has 156 valence electrons. The average Bonchev–Trinajstić information content (AvgIpc) is 3.19. The van der Waals surface area contributed by atoms with Gasteiger partial charge in [-0.3, -0.25) is 4.79 Å². The zero-order valence-electron chi connectivity index (χ0n) is 17.0. The molecule has 5 heteroatoms. The molecular formula is C24H31ClN2O2. The Morgan fingerprint density at radius 1 is 1.07 bits per heavy atom. The fourth-order valence-electron chi connectivity index (χ4n) is 5.08. The predicted octanol–water partition coefficient (Wildman–Crippen LogP) is 3.67. The summed E-state index contributed by atoms with van der Waals surface area (Å²) in [5.41, 5.74) is 9.27. The summed E-state index contributed by atoms with van der Waals surface area (Å²) in [6.07, 6.45) is 1.49. The summed E-state index contributed by atoms with van der Waals surface area (Å²) in [5.74, 6) is 0.867. The smallest absolute Gasteiger partial charge is 0.233 e. The molecule has 2 atom stereocenters. The van der Waals surface area contributed by atoms with Crippen LogP contribution in [0.15, 0.2) is 54.6 Å². The van der Waals surface area contributed by atoms with Gasteiger partial charge in [-0.15, -0.1) is 12.4 Å². The maximum absolute atomic E-state index is 13.9. The van der Waals surface area contributed by atoms with E-state index in [-0.39, 0.29) is 18.3 Å². The highest BCUT2D eigenvalue weighted by Gasteiger charge is 2.47. The van der Waals surface area contributed by atoms with Crippen LogP contribution in [0.4, 0.5) is 0 Å². The Hall–Kier alpha value is -1.88. The van der Waals surface area contributed by atoms with E-state index in [1.165, 1.54) is 11.1 Å². The van der Waals surface area contributed by atoms with E-state index < -0.39 is 5.41 Å². The normalized spacial score (nSPS) is 23.4. The summed E-state index contributed by atoms with van der Waals surface area (Å²) in [5, 5.41) is 0. The first-order valence-electron chi connectivity index (χ1n) is 10.3. The largest absolute Gasteiger partial charge is 0.381 e. The highest BCUT2D eigenvalue weighted by molar-refractivity contribution is 5.89. The molecule has 0 saturated carbocycles.